The van der Waals surface area contributed by atoms with Crippen LogP contribution in [-0.2, 0) is 13.0 Å². The number of fused-ring (bicyclic) bond motifs is 3. The van der Waals surface area contributed by atoms with Crippen LogP contribution in [0.3, 0.4) is 0 Å². The summed E-state index contributed by atoms with van der Waals surface area (Å²) in [6.45, 7) is 1.14. The van der Waals surface area contributed by atoms with Gasteiger partial charge in [-0.25, -0.2) is 9.78 Å². The minimum Gasteiger partial charge on any atom is -0.455 e. The third kappa shape index (κ3) is 3.38. The Hall–Kier alpha value is -3.87. The number of H-pyrrole nitrogens is 1. The Balaban J connectivity index is 1.33. The van der Waals surface area contributed by atoms with Crippen molar-refractivity contribution in [3.05, 3.63) is 78.1 Å². The number of ether oxygens (including phenoxy) is 1. The predicted molar refractivity (Wildman–Crippen MR) is 110 cm³/mol. The molecule has 0 atom stereocenters. The number of carbonyl (C=O) groups excluding carboxylic acids is 1. The summed E-state index contributed by atoms with van der Waals surface area (Å²) in [6.07, 6.45) is 4.39. The van der Waals surface area contributed by atoms with Crippen LogP contribution >= 0.6 is 0 Å². The second-order valence-electron chi connectivity index (χ2n) is 6.91. The summed E-state index contributed by atoms with van der Waals surface area (Å²) in [6, 6.07) is 16.8. The minimum atomic E-state index is -0.160. The fourth-order valence-corrected chi connectivity index (χ4v) is 3.60. The van der Waals surface area contributed by atoms with Gasteiger partial charge in [-0.2, -0.15) is 5.10 Å². The fourth-order valence-electron chi connectivity index (χ4n) is 3.60. The maximum atomic E-state index is 12.9. The molecule has 29 heavy (non-hydrogen) atoms. The van der Waals surface area contributed by atoms with Gasteiger partial charge in [0, 0.05) is 24.7 Å². The number of pyridine rings is 1. The fraction of sp³-hybridized carbons (Fsp3) is 0.136. The van der Waals surface area contributed by atoms with Gasteiger partial charge >= 0.3 is 6.03 Å². The zero-order valence-electron chi connectivity index (χ0n) is 15.6. The number of amides is 2. The molecule has 0 saturated heterocycles. The SMILES string of the molecule is O=C(Nc1ccccc1Oc1ccccc1)N1CCc2c(cnc3[nH]ncc23)C1. The molecule has 0 fully saturated rings. The summed E-state index contributed by atoms with van der Waals surface area (Å²) in [4.78, 5) is 19.1. The number of rotatable bonds is 3. The first-order valence-electron chi connectivity index (χ1n) is 9.45. The standard InChI is InChI=1S/C22H19N5O2/c28-22(25-19-8-4-5-9-20(19)29-16-6-2-1-3-7-16)27-11-10-17-15(14-27)12-23-21-18(17)13-24-26-21/h1-9,12-13H,10-11,14H2,(H,25,28)(H,23,24,26). The highest BCUT2D eigenvalue weighted by atomic mass is 16.5. The summed E-state index contributed by atoms with van der Waals surface area (Å²) in [5.74, 6) is 1.32. The number of hydrogen-bond donors (Lipinski definition) is 2. The highest BCUT2D eigenvalue weighted by molar-refractivity contribution is 5.91. The maximum Gasteiger partial charge on any atom is 0.322 e. The molecule has 0 unspecified atom stereocenters. The number of carbonyl (C=O) groups is 1. The Bertz CT molecular complexity index is 1170. The van der Waals surface area contributed by atoms with E-state index in [1.54, 1.807) is 11.1 Å². The lowest BCUT2D eigenvalue weighted by Gasteiger charge is -2.29. The van der Waals surface area contributed by atoms with Crippen LogP contribution in [-0.4, -0.2) is 32.7 Å². The monoisotopic (exact) mass is 385 g/mol. The van der Waals surface area contributed by atoms with Crippen molar-refractivity contribution in [3.8, 4) is 11.5 Å². The van der Waals surface area contributed by atoms with E-state index in [2.05, 4.69) is 20.5 Å². The Morgan fingerprint density at radius 2 is 1.90 bits per heavy atom. The van der Waals surface area contributed by atoms with Gasteiger partial charge in [-0.1, -0.05) is 30.3 Å². The van der Waals surface area contributed by atoms with E-state index in [0.29, 0.717) is 24.5 Å². The second kappa shape index (κ2) is 7.27. The molecule has 2 N–H and O–H groups in total. The summed E-state index contributed by atoms with van der Waals surface area (Å²) < 4.78 is 5.94. The molecule has 4 aromatic rings. The van der Waals surface area contributed by atoms with E-state index in [-0.39, 0.29) is 6.03 Å². The van der Waals surface area contributed by atoms with Crippen molar-refractivity contribution in [3.63, 3.8) is 0 Å². The van der Waals surface area contributed by atoms with Crippen molar-refractivity contribution in [1.29, 1.82) is 0 Å². The Labute approximate surface area is 167 Å². The molecule has 7 nitrogen and oxygen atoms in total. The van der Waals surface area contributed by atoms with E-state index in [1.165, 1.54) is 5.56 Å². The molecule has 0 bridgehead atoms. The van der Waals surface area contributed by atoms with Gasteiger partial charge in [0.05, 0.1) is 11.9 Å². The van der Waals surface area contributed by atoms with Crippen molar-refractivity contribution in [2.45, 2.75) is 13.0 Å². The third-order valence-corrected chi connectivity index (χ3v) is 5.06. The Kier molecular flexibility index (Phi) is 4.32. The molecular formula is C22H19N5O2. The first-order chi connectivity index (χ1) is 14.3. The smallest absolute Gasteiger partial charge is 0.322 e. The Morgan fingerprint density at radius 3 is 2.79 bits per heavy atom. The number of urea groups is 1. The van der Waals surface area contributed by atoms with Crippen LogP contribution in [0.2, 0.25) is 0 Å². The molecule has 0 radical (unpaired) electrons. The van der Waals surface area contributed by atoms with Crippen molar-refractivity contribution < 1.29 is 9.53 Å². The van der Waals surface area contributed by atoms with Crippen LogP contribution in [0.15, 0.2) is 67.0 Å². The molecule has 5 rings (SSSR count). The molecule has 0 spiro atoms. The maximum absolute atomic E-state index is 12.9. The molecule has 2 aromatic carbocycles. The average Bonchev–Trinajstić information content (AvgIpc) is 3.25. The van der Waals surface area contributed by atoms with Crippen molar-refractivity contribution >= 4 is 22.8 Å². The lowest BCUT2D eigenvalue weighted by molar-refractivity contribution is 0.206. The molecule has 2 amide bonds. The number of hydrogen-bond acceptors (Lipinski definition) is 4. The van der Waals surface area contributed by atoms with Crippen LogP contribution in [0, 0.1) is 0 Å². The van der Waals surface area contributed by atoms with E-state index >= 15 is 0 Å². The zero-order valence-corrected chi connectivity index (χ0v) is 15.6. The number of anilines is 1. The van der Waals surface area contributed by atoms with Crippen LogP contribution < -0.4 is 10.1 Å². The van der Waals surface area contributed by atoms with E-state index < -0.39 is 0 Å². The highest BCUT2D eigenvalue weighted by Crippen LogP contribution is 2.30. The van der Waals surface area contributed by atoms with Gasteiger partial charge < -0.3 is 15.0 Å². The molecule has 1 aliphatic heterocycles. The quantitative estimate of drug-likeness (QED) is 0.549. The normalized spacial score (nSPS) is 13.2. The molecule has 0 aliphatic carbocycles. The molecule has 0 saturated carbocycles. The van der Waals surface area contributed by atoms with Crippen LogP contribution in [0.1, 0.15) is 11.1 Å². The largest absolute Gasteiger partial charge is 0.455 e. The molecule has 144 valence electrons. The van der Waals surface area contributed by atoms with E-state index in [1.807, 2.05) is 60.8 Å². The van der Waals surface area contributed by atoms with Gasteiger partial charge in [-0.05, 0) is 41.8 Å². The summed E-state index contributed by atoms with van der Waals surface area (Å²) in [5, 5.41) is 11.0. The lowest BCUT2D eigenvalue weighted by atomic mass is 9.99. The molecule has 2 aromatic heterocycles. The van der Waals surface area contributed by atoms with Gasteiger partial charge in [-0.15, -0.1) is 0 Å². The van der Waals surface area contributed by atoms with E-state index in [9.17, 15) is 4.79 Å². The Morgan fingerprint density at radius 1 is 1.07 bits per heavy atom. The zero-order chi connectivity index (χ0) is 19.6. The minimum absolute atomic E-state index is 0.160. The molecule has 1 aliphatic rings. The number of aromatic nitrogens is 3. The van der Waals surface area contributed by atoms with Crippen molar-refractivity contribution in [1.82, 2.24) is 20.1 Å². The van der Waals surface area contributed by atoms with Crippen LogP contribution in [0.25, 0.3) is 11.0 Å². The van der Waals surface area contributed by atoms with Crippen molar-refractivity contribution in [2.75, 3.05) is 11.9 Å². The number of para-hydroxylation sites is 3. The third-order valence-electron chi connectivity index (χ3n) is 5.06. The first kappa shape index (κ1) is 17.2. The van der Waals surface area contributed by atoms with Gasteiger partial charge in [0.15, 0.2) is 11.4 Å². The average molecular weight is 385 g/mol. The van der Waals surface area contributed by atoms with E-state index in [0.717, 1.165) is 28.8 Å². The second-order valence-corrected chi connectivity index (χ2v) is 6.91. The topological polar surface area (TPSA) is 83.1 Å². The van der Waals surface area contributed by atoms with Crippen molar-refractivity contribution in [2.24, 2.45) is 0 Å². The summed E-state index contributed by atoms with van der Waals surface area (Å²) in [7, 11) is 0. The number of nitrogens with zero attached hydrogens (tertiary/aromatic N) is 3. The van der Waals surface area contributed by atoms with Crippen LogP contribution in [0.5, 0.6) is 11.5 Å². The van der Waals surface area contributed by atoms with E-state index in [4.69, 9.17) is 4.74 Å². The molecule has 3 heterocycles. The van der Waals surface area contributed by atoms with Crippen LogP contribution in [0.4, 0.5) is 10.5 Å². The van der Waals surface area contributed by atoms with Gasteiger partial charge in [-0.3, -0.25) is 5.10 Å². The van der Waals surface area contributed by atoms with Gasteiger partial charge in [0.2, 0.25) is 0 Å². The number of aromatic amines is 1. The number of nitrogens with one attached hydrogen (secondary N) is 2. The summed E-state index contributed by atoms with van der Waals surface area (Å²) in [5.41, 5.74) is 3.68. The first-order valence-corrected chi connectivity index (χ1v) is 9.45. The lowest BCUT2D eigenvalue weighted by Crippen LogP contribution is -2.39. The van der Waals surface area contributed by atoms with Gasteiger partial charge in [0.25, 0.3) is 0 Å². The van der Waals surface area contributed by atoms with Gasteiger partial charge in [0.1, 0.15) is 5.75 Å². The number of benzene rings is 2. The molecule has 7 heteroatoms. The molecular weight excluding hydrogens is 366 g/mol. The highest BCUT2D eigenvalue weighted by Gasteiger charge is 2.23. The predicted octanol–water partition coefficient (Wildman–Crippen LogP) is 4.34. The summed E-state index contributed by atoms with van der Waals surface area (Å²) >= 11 is 0.